The molecular formula is C16H19BrN4O. The molecule has 0 fully saturated rings. The number of carbonyl (C=O) groups excluding carboxylic acids is 1. The van der Waals surface area contributed by atoms with E-state index in [1.807, 2.05) is 39.0 Å². The van der Waals surface area contributed by atoms with E-state index in [-0.39, 0.29) is 5.91 Å². The van der Waals surface area contributed by atoms with Crippen LogP contribution in [0.1, 0.15) is 29.9 Å². The summed E-state index contributed by atoms with van der Waals surface area (Å²) in [4.78, 5) is 11.9. The number of halogens is 1. The van der Waals surface area contributed by atoms with Crippen molar-refractivity contribution in [3.8, 4) is 0 Å². The van der Waals surface area contributed by atoms with E-state index in [0.717, 1.165) is 15.7 Å². The van der Waals surface area contributed by atoms with Crippen LogP contribution in [0.15, 0.2) is 34.8 Å². The van der Waals surface area contributed by atoms with Crippen LogP contribution in [0.5, 0.6) is 0 Å². The Morgan fingerprint density at radius 1 is 1.23 bits per heavy atom. The Morgan fingerprint density at radius 2 is 2.00 bits per heavy atom. The molecule has 2 rings (SSSR count). The summed E-state index contributed by atoms with van der Waals surface area (Å²) in [5.74, 6) is 0.792. The van der Waals surface area contributed by atoms with Crippen LogP contribution < -0.4 is 10.6 Å². The van der Waals surface area contributed by atoms with Crippen molar-refractivity contribution in [2.24, 2.45) is 5.92 Å². The summed E-state index contributed by atoms with van der Waals surface area (Å²) >= 11 is 3.49. The first kappa shape index (κ1) is 16.4. The maximum Gasteiger partial charge on any atom is 0.271 e. The molecule has 0 saturated carbocycles. The Hall–Kier alpha value is -1.95. The Morgan fingerprint density at radius 3 is 2.59 bits per heavy atom. The molecule has 2 aromatic rings. The first-order valence-corrected chi connectivity index (χ1v) is 7.90. The van der Waals surface area contributed by atoms with Crippen LogP contribution in [-0.2, 0) is 0 Å². The zero-order valence-corrected chi connectivity index (χ0v) is 14.4. The lowest BCUT2D eigenvalue weighted by Crippen LogP contribution is -2.28. The van der Waals surface area contributed by atoms with Gasteiger partial charge in [-0.3, -0.25) is 4.79 Å². The maximum absolute atomic E-state index is 11.9. The number of anilines is 2. The molecule has 0 saturated heterocycles. The van der Waals surface area contributed by atoms with Crippen LogP contribution >= 0.6 is 15.9 Å². The van der Waals surface area contributed by atoms with E-state index in [1.54, 1.807) is 12.1 Å². The molecule has 22 heavy (non-hydrogen) atoms. The quantitative estimate of drug-likeness (QED) is 0.851. The SMILES string of the molecule is Cc1ccc(Nc2ccc(C(=O)NCC(C)C)nn2)cc1Br. The van der Waals surface area contributed by atoms with Gasteiger partial charge >= 0.3 is 0 Å². The fourth-order valence-electron chi connectivity index (χ4n) is 1.73. The van der Waals surface area contributed by atoms with Crippen molar-refractivity contribution in [1.82, 2.24) is 15.5 Å². The highest BCUT2D eigenvalue weighted by Gasteiger charge is 2.08. The van der Waals surface area contributed by atoms with Crippen molar-refractivity contribution in [2.45, 2.75) is 20.8 Å². The topological polar surface area (TPSA) is 66.9 Å². The summed E-state index contributed by atoms with van der Waals surface area (Å²) in [7, 11) is 0. The number of hydrogen-bond acceptors (Lipinski definition) is 4. The number of rotatable bonds is 5. The van der Waals surface area contributed by atoms with Gasteiger partial charge in [0.2, 0.25) is 0 Å². The standard InChI is InChI=1S/C16H19BrN4O/c1-10(2)9-18-16(22)14-6-7-15(21-20-14)19-12-5-4-11(3)13(17)8-12/h4-8,10H,9H2,1-3H3,(H,18,22)(H,19,21). The summed E-state index contributed by atoms with van der Waals surface area (Å²) < 4.78 is 1.02. The molecule has 0 spiro atoms. The molecule has 5 nitrogen and oxygen atoms in total. The Bertz CT molecular complexity index is 656. The number of nitrogens with one attached hydrogen (secondary N) is 2. The molecule has 1 aromatic heterocycles. The predicted octanol–water partition coefficient (Wildman–Crippen LogP) is 3.68. The average molecular weight is 363 g/mol. The highest BCUT2D eigenvalue weighted by atomic mass is 79.9. The maximum atomic E-state index is 11.9. The highest BCUT2D eigenvalue weighted by molar-refractivity contribution is 9.10. The van der Waals surface area contributed by atoms with Crippen molar-refractivity contribution in [2.75, 3.05) is 11.9 Å². The van der Waals surface area contributed by atoms with Gasteiger partial charge in [-0.2, -0.15) is 0 Å². The van der Waals surface area contributed by atoms with E-state index in [1.165, 1.54) is 0 Å². The molecule has 2 N–H and O–H groups in total. The average Bonchev–Trinajstić information content (AvgIpc) is 2.49. The fourth-order valence-corrected chi connectivity index (χ4v) is 2.10. The van der Waals surface area contributed by atoms with Crippen LogP contribution in [0.3, 0.4) is 0 Å². The molecule has 0 bridgehead atoms. The lowest BCUT2D eigenvalue weighted by molar-refractivity contribution is 0.0943. The van der Waals surface area contributed by atoms with E-state index in [2.05, 4.69) is 36.8 Å². The minimum absolute atomic E-state index is 0.203. The Balaban J connectivity index is 2.02. The summed E-state index contributed by atoms with van der Waals surface area (Å²) in [5, 5.41) is 14.0. The van der Waals surface area contributed by atoms with Crippen molar-refractivity contribution in [3.05, 3.63) is 46.1 Å². The second kappa shape index (κ2) is 7.35. The molecule has 6 heteroatoms. The molecule has 1 amide bonds. The zero-order chi connectivity index (χ0) is 16.1. The van der Waals surface area contributed by atoms with Gasteiger partial charge in [0, 0.05) is 16.7 Å². The molecule has 0 unspecified atom stereocenters. The van der Waals surface area contributed by atoms with E-state index in [4.69, 9.17) is 0 Å². The van der Waals surface area contributed by atoms with Gasteiger partial charge in [-0.05, 0) is 42.7 Å². The van der Waals surface area contributed by atoms with E-state index in [0.29, 0.717) is 24.0 Å². The van der Waals surface area contributed by atoms with E-state index in [9.17, 15) is 4.79 Å². The van der Waals surface area contributed by atoms with Gasteiger partial charge in [0.25, 0.3) is 5.91 Å². The van der Waals surface area contributed by atoms with Crippen LogP contribution in [0.25, 0.3) is 0 Å². The predicted molar refractivity (Wildman–Crippen MR) is 91.4 cm³/mol. The number of nitrogens with zero attached hydrogens (tertiary/aromatic N) is 2. The third-order valence-electron chi connectivity index (χ3n) is 3.01. The molecule has 116 valence electrons. The second-order valence-electron chi connectivity index (χ2n) is 5.50. The first-order valence-electron chi connectivity index (χ1n) is 7.11. The molecule has 0 aliphatic heterocycles. The number of amides is 1. The van der Waals surface area contributed by atoms with Gasteiger partial charge < -0.3 is 10.6 Å². The van der Waals surface area contributed by atoms with Crippen LogP contribution in [0, 0.1) is 12.8 Å². The molecule has 0 radical (unpaired) electrons. The summed E-state index contributed by atoms with van der Waals surface area (Å²) in [5.41, 5.74) is 2.38. The zero-order valence-electron chi connectivity index (χ0n) is 12.9. The van der Waals surface area contributed by atoms with Crippen molar-refractivity contribution >= 4 is 33.3 Å². The largest absolute Gasteiger partial charge is 0.350 e. The van der Waals surface area contributed by atoms with Crippen LogP contribution in [0.4, 0.5) is 11.5 Å². The van der Waals surface area contributed by atoms with Gasteiger partial charge in [0.05, 0.1) is 0 Å². The van der Waals surface area contributed by atoms with E-state index < -0.39 is 0 Å². The smallest absolute Gasteiger partial charge is 0.271 e. The van der Waals surface area contributed by atoms with Crippen LogP contribution in [0.2, 0.25) is 0 Å². The van der Waals surface area contributed by atoms with E-state index >= 15 is 0 Å². The van der Waals surface area contributed by atoms with Gasteiger partial charge in [-0.15, -0.1) is 10.2 Å². The first-order chi connectivity index (χ1) is 10.5. The van der Waals surface area contributed by atoms with Gasteiger partial charge in [0.1, 0.15) is 0 Å². The molecule has 1 aromatic carbocycles. The monoisotopic (exact) mass is 362 g/mol. The third kappa shape index (κ3) is 4.53. The minimum Gasteiger partial charge on any atom is -0.350 e. The Labute approximate surface area is 138 Å². The van der Waals surface area contributed by atoms with Gasteiger partial charge in [-0.1, -0.05) is 35.8 Å². The number of aryl methyl sites for hydroxylation is 1. The molecule has 0 atom stereocenters. The summed E-state index contributed by atoms with van der Waals surface area (Å²) in [6, 6.07) is 9.35. The summed E-state index contributed by atoms with van der Waals surface area (Å²) in [6.45, 7) is 6.73. The van der Waals surface area contributed by atoms with Crippen LogP contribution in [-0.4, -0.2) is 22.6 Å². The molecule has 0 aliphatic carbocycles. The lowest BCUT2D eigenvalue weighted by atomic mass is 10.2. The third-order valence-corrected chi connectivity index (χ3v) is 3.87. The van der Waals surface area contributed by atoms with Gasteiger partial charge in [0.15, 0.2) is 11.5 Å². The van der Waals surface area contributed by atoms with Crippen molar-refractivity contribution in [3.63, 3.8) is 0 Å². The fraction of sp³-hybridized carbons (Fsp3) is 0.312. The minimum atomic E-state index is -0.203. The van der Waals surface area contributed by atoms with Crippen molar-refractivity contribution in [1.29, 1.82) is 0 Å². The normalized spacial score (nSPS) is 10.6. The Kier molecular flexibility index (Phi) is 5.49. The second-order valence-corrected chi connectivity index (χ2v) is 6.35. The number of benzene rings is 1. The molecule has 0 aliphatic rings. The van der Waals surface area contributed by atoms with Gasteiger partial charge in [-0.25, -0.2) is 0 Å². The number of hydrogen-bond donors (Lipinski definition) is 2. The highest BCUT2D eigenvalue weighted by Crippen LogP contribution is 2.22. The van der Waals surface area contributed by atoms with Crippen molar-refractivity contribution < 1.29 is 4.79 Å². The number of aromatic nitrogens is 2. The molecular weight excluding hydrogens is 344 g/mol. The lowest BCUT2D eigenvalue weighted by Gasteiger charge is -2.08. The summed E-state index contributed by atoms with van der Waals surface area (Å²) in [6.07, 6.45) is 0. The number of carbonyl (C=O) groups is 1. The molecule has 1 heterocycles.